The predicted octanol–water partition coefficient (Wildman–Crippen LogP) is 6.89. The molecule has 3 rings (SSSR count). The lowest BCUT2D eigenvalue weighted by Crippen LogP contribution is -2.30. The van der Waals surface area contributed by atoms with E-state index in [1.165, 1.54) is 5.56 Å². The monoisotopic (exact) mass is 430 g/mol. The van der Waals surface area contributed by atoms with E-state index >= 15 is 0 Å². The van der Waals surface area contributed by atoms with Crippen molar-refractivity contribution in [3.63, 3.8) is 0 Å². The zero-order valence-electron chi connectivity index (χ0n) is 17.3. The molecular formula is C23H28Cl2N4. The second kappa shape index (κ2) is 10.1. The van der Waals surface area contributed by atoms with E-state index in [1.54, 1.807) is 6.07 Å². The molecule has 6 heteroatoms. The molecule has 0 fully saturated rings. The van der Waals surface area contributed by atoms with Crippen LogP contribution in [0.4, 0.5) is 5.95 Å². The van der Waals surface area contributed by atoms with E-state index in [0.29, 0.717) is 10.0 Å². The molecule has 0 radical (unpaired) electrons. The Balaban J connectivity index is 2.06. The molecule has 1 atom stereocenters. The van der Waals surface area contributed by atoms with Gasteiger partial charge in [-0.3, -0.25) is 0 Å². The number of aromatic nitrogens is 3. The third-order valence-corrected chi connectivity index (χ3v) is 5.50. The summed E-state index contributed by atoms with van der Waals surface area (Å²) >= 11 is 12.5. The summed E-state index contributed by atoms with van der Waals surface area (Å²) in [6, 6.07) is 16.3. The second-order valence-electron chi connectivity index (χ2n) is 7.10. The average Bonchev–Trinajstić information content (AvgIpc) is 3.15. The number of aryl methyl sites for hydroxylation is 1. The third kappa shape index (κ3) is 4.93. The molecule has 154 valence electrons. The lowest BCUT2D eigenvalue weighted by atomic mass is 10.0. The van der Waals surface area contributed by atoms with Gasteiger partial charge in [-0.1, -0.05) is 80.7 Å². The van der Waals surface area contributed by atoms with Gasteiger partial charge in [-0.15, -0.1) is 5.10 Å². The molecule has 0 unspecified atom stereocenters. The number of hydrogen-bond donors (Lipinski definition) is 0. The van der Waals surface area contributed by atoms with E-state index in [2.05, 4.69) is 56.0 Å². The van der Waals surface area contributed by atoms with Gasteiger partial charge in [0.1, 0.15) is 5.82 Å². The van der Waals surface area contributed by atoms with Crippen LogP contribution in [0.1, 0.15) is 57.5 Å². The summed E-state index contributed by atoms with van der Waals surface area (Å²) in [5.74, 6) is 1.63. The van der Waals surface area contributed by atoms with E-state index < -0.39 is 0 Å². The molecule has 0 saturated heterocycles. The Hall–Kier alpha value is -2.04. The second-order valence-corrected chi connectivity index (χ2v) is 7.94. The molecule has 0 saturated carbocycles. The Morgan fingerprint density at radius 3 is 2.38 bits per heavy atom. The Bertz CT molecular complexity index is 924. The Morgan fingerprint density at radius 1 is 1.00 bits per heavy atom. The Labute approximate surface area is 183 Å². The lowest BCUT2D eigenvalue weighted by molar-refractivity contribution is 0.551. The molecular weight excluding hydrogens is 403 g/mol. The fourth-order valence-electron chi connectivity index (χ4n) is 3.62. The molecule has 0 spiro atoms. The highest BCUT2D eigenvalue weighted by atomic mass is 35.5. The highest BCUT2D eigenvalue weighted by Gasteiger charge is 2.24. The standard InChI is InChI=1S/C23H28Cl2N4/c1-4-10-20(17-11-8-7-9-12-17)28(15-5-2)23-26-22(6-3)29(27-23)21-14-13-18(24)16-19(21)25/h7-9,11-14,16,20H,4-6,10,15H2,1-3H3/t20-/m0/s1. The summed E-state index contributed by atoms with van der Waals surface area (Å²) in [5.41, 5.74) is 2.09. The maximum absolute atomic E-state index is 6.46. The van der Waals surface area contributed by atoms with Crippen molar-refractivity contribution in [3.05, 3.63) is 70.0 Å². The van der Waals surface area contributed by atoms with Crippen molar-refractivity contribution in [2.75, 3.05) is 11.4 Å². The van der Waals surface area contributed by atoms with Crippen LogP contribution < -0.4 is 4.90 Å². The van der Waals surface area contributed by atoms with E-state index in [1.807, 2.05) is 16.8 Å². The van der Waals surface area contributed by atoms with E-state index in [4.69, 9.17) is 33.3 Å². The smallest absolute Gasteiger partial charge is 0.245 e. The van der Waals surface area contributed by atoms with Crippen molar-refractivity contribution in [1.29, 1.82) is 0 Å². The molecule has 0 amide bonds. The first-order valence-electron chi connectivity index (χ1n) is 10.3. The molecule has 3 aromatic rings. The fourth-order valence-corrected chi connectivity index (χ4v) is 4.10. The predicted molar refractivity (Wildman–Crippen MR) is 122 cm³/mol. The molecule has 0 aliphatic carbocycles. The minimum Gasteiger partial charge on any atom is -0.332 e. The summed E-state index contributed by atoms with van der Waals surface area (Å²) in [7, 11) is 0. The van der Waals surface area contributed by atoms with Crippen LogP contribution in [0, 0.1) is 0 Å². The topological polar surface area (TPSA) is 34.0 Å². The molecule has 1 aromatic heterocycles. The lowest BCUT2D eigenvalue weighted by Gasteiger charge is -2.31. The van der Waals surface area contributed by atoms with Crippen molar-refractivity contribution in [1.82, 2.24) is 14.8 Å². The van der Waals surface area contributed by atoms with Gasteiger partial charge >= 0.3 is 0 Å². The van der Waals surface area contributed by atoms with Crippen LogP contribution in [0.15, 0.2) is 48.5 Å². The van der Waals surface area contributed by atoms with Gasteiger partial charge in [0.15, 0.2) is 0 Å². The van der Waals surface area contributed by atoms with Crippen LogP contribution in [0.5, 0.6) is 0 Å². The molecule has 0 bridgehead atoms. The number of rotatable bonds is 9. The van der Waals surface area contributed by atoms with Crippen LogP contribution in [0.3, 0.4) is 0 Å². The summed E-state index contributed by atoms with van der Waals surface area (Å²) in [6.07, 6.45) is 3.91. The first kappa shape index (κ1) is 21.7. The Kier molecular flexibility index (Phi) is 7.57. The Morgan fingerprint density at radius 2 is 1.76 bits per heavy atom. The number of nitrogens with zero attached hydrogens (tertiary/aromatic N) is 4. The van der Waals surface area contributed by atoms with E-state index in [-0.39, 0.29) is 6.04 Å². The number of halogens is 2. The molecule has 2 aromatic carbocycles. The minimum atomic E-state index is 0.238. The quantitative estimate of drug-likeness (QED) is 0.370. The third-order valence-electron chi connectivity index (χ3n) is 4.96. The molecule has 0 aliphatic rings. The summed E-state index contributed by atoms with van der Waals surface area (Å²) < 4.78 is 1.85. The largest absolute Gasteiger partial charge is 0.332 e. The number of anilines is 1. The van der Waals surface area contributed by atoms with Gasteiger partial charge in [0, 0.05) is 18.0 Å². The highest BCUT2D eigenvalue weighted by Crippen LogP contribution is 2.31. The normalized spacial score (nSPS) is 12.2. The van der Waals surface area contributed by atoms with Gasteiger partial charge in [-0.05, 0) is 36.6 Å². The van der Waals surface area contributed by atoms with Gasteiger partial charge in [-0.25, -0.2) is 4.68 Å². The van der Waals surface area contributed by atoms with Crippen LogP contribution in [-0.2, 0) is 6.42 Å². The van der Waals surface area contributed by atoms with Crippen LogP contribution >= 0.6 is 23.2 Å². The molecule has 29 heavy (non-hydrogen) atoms. The van der Waals surface area contributed by atoms with Crippen molar-refractivity contribution in [2.45, 2.75) is 52.5 Å². The number of hydrogen-bond acceptors (Lipinski definition) is 3. The average molecular weight is 431 g/mol. The number of benzene rings is 2. The van der Waals surface area contributed by atoms with Crippen LogP contribution in [-0.4, -0.2) is 21.3 Å². The maximum Gasteiger partial charge on any atom is 0.245 e. The van der Waals surface area contributed by atoms with Gasteiger partial charge in [0.05, 0.1) is 16.8 Å². The zero-order valence-corrected chi connectivity index (χ0v) is 18.8. The minimum absolute atomic E-state index is 0.238. The molecule has 0 N–H and O–H groups in total. The molecule has 4 nitrogen and oxygen atoms in total. The van der Waals surface area contributed by atoms with Gasteiger partial charge in [0.2, 0.25) is 5.95 Å². The summed E-state index contributed by atoms with van der Waals surface area (Å²) in [4.78, 5) is 7.23. The van der Waals surface area contributed by atoms with Crippen molar-refractivity contribution in [3.8, 4) is 5.69 Å². The fraction of sp³-hybridized carbons (Fsp3) is 0.391. The van der Waals surface area contributed by atoms with E-state index in [0.717, 1.165) is 49.7 Å². The van der Waals surface area contributed by atoms with Crippen molar-refractivity contribution in [2.24, 2.45) is 0 Å². The summed E-state index contributed by atoms with van der Waals surface area (Å²) in [5, 5.41) is 6.07. The van der Waals surface area contributed by atoms with Gasteiger partial charge in [-0.2, -0.15) is 4.98 Å². The van der Waals surface area contributed by atoms with Crippen LogP contribution in [0.2, 0.25) is 10.0 Å². The molecule has 0 aliphatic heterocycles. The molecule has 1 heterocycles. The SMILES string of the molecule is CCC[C@@H](c1ccccc1)N(CCC)c1nc(CC)n(-c2ccc(Cl)cc2Cl)n1. The van der Waals surface area contributed by atoms with Gasteiger partial charge in [0.25, 0.3) is 0 Å². The summed E-state index contributed by atoms with van der Waals surface area (Å²) in [6.45, 7) is 7.38. The first-order valence-corrected chi connectivity index (χ1v) is 11.1. The first-order chi connectivity index (χ1) is 14.1. The van der Waals surface area contributed by atoms with Gasteiger partial charge < -0.3 is 4.90 Å². The van der Waals surface area contributed by atoms with Crippen LogP contribution in [0.25, 0.3) is 5.69 Å². The highest BCUT2D eigenvalue weighted by molar-refractivity contribution is 6.35. The van der Waals surface area contributed by atoms with Crippen molar-refractivity contribution < 1.29 is 0 Å². The van der Waals surface area contributed by atoms with Crippen molar-refractivity contribution >= 4 is 29.2 Å². The van der Waals surface area contributed by atoms with E-state index in [9.17, 15) is 0 Å². The maximum atomic E-state index is 6.46. The zero-order chi connectivity index (χ0) is 20.8.